The summed E-state index contributed by atoms with van der Waals surface area (Å²) in [5.41, 5.74) is 0.928. The second-order valence-corrected chi connectivity index (χ2v) is 5.59. The van der Waals surface area contributed by atoms with Crippen LogP contribution in [0.3, 0.4) is 0 Å². The number of hydrogen-bond donors (Lipinski definition) is 0. The molecule has 0 N–H and O–H groups in total. The summed E-state index contributed by atoms with van der Waals surface area (Å²) in [4.78, 5) is 16.0. The minimum absolute atomic E-state index is 0.0570. The van der Waals surface area contributed by atoms with Gasteiger partial charge in [0.1, 0.15) is 6.17 Å². The number of rotatable bonds is 3. The fourth-order valence-electron chi connectivity index (χ4n) is 2.84. The lowest BCUT2D eigenvalue weighted by Crippen LogP contribution is -2.11. The molecule has 1 aromatic carbocycles. The van der Waals surface area contributed by atoms with E-state index in [0.29, 0.717) is 0 Å². The first-order valence-corrected chi connectivity index (χ1v) is 6.99. The van der Waals surface area contributed by atoms with E-state index in [-0.39, 0.29) is 30.5 Å². The third-order valence-electron chi connectivity index (χ3n) is 4.12. The molecule has 0 amide bonds. The molecule has 6 heteroatoms. The summed E-state index contributed by atoms with van der Waals surface area (Å²) in [6.07, 6.45) is -1.85. The standard InChI is InChI=1S/C15H13F2N3O/c16-10-6-9(10)13(21)14-18-15-11(17)7-12(20(15)19-14)8-4-2-1-3-5-8/h1-5,9-12H,6-7H2/t9-,10-,11+,12+/m1/s1. The Morgan fingerprint density at radius 1 is 1.19 bits per heavy atom. The molecule has 1 aliphatic heterocycles. The number of Topliss-reactive ketones (excluding diaryl/α,β-unsaturated/α-hetero) is 1. The Bertz CT molecular complexity index is 700. The highest BCUT2D eigenvalue weighted by Crippen LogP contribution is 2.41. The van der Waals surface area contributed by atoms with Crippen molar-refractivity contribution in [1.82, 2.24) is 14.8 Å². The number of hydrogen-bond acceptors (Lipinski definition) is 3. The van der Waals surface area contributed by atoms with Crippen molar-refractivity contribution < 1.29 is 13.6 Å². The maximum Gasteiger partial charge on any atom is 0.218 e. The Balaban J connectivity index is 1.69. The van der Waals surface area contributed by atoms with Crippen LogP contribution in [-0.2, 0) is 0 Å². The zero-order valence-electron chi connectivity index (χ0n) is 11.1. The quantitative estimate of drug-likeness (QED) is 0.816. The Morgan fingerprint density at radius 2 is 1.90 bits per heavy atom. The number of carbonyl (C=O) groups is 1. The first-order chi connectivity index (χ1) is 10.1. The Labute approximate surface area is 119 Å². The molecule has 0 unspecified atom stereocenters. The van der Waals surface area contributed by atoms with Crippen molar-refractivity contribution in [2.45, 2.75) is 31.2 Å². The predicted octanol–water partition coefficient (Wildman–Crippen LogP) is 2.82. The smallest absolute Gasteiger partial charge is 0.218 e. The third-order valence-corrected chi connectivity index (χ3v) is 4.12. The van der Waals surface area contributed by atoms with Crippen LogP contribution in [-0.4, -0.2) is 26.7 Å². The van der Waals surface area contributed by atoms with Crippen molar-refractivity contribution in [2.24, 2.45) is 5.92 Å². The number of halogens is 2. The SMILES string of the molecule is O=C(c1nc2n(n1)[C@H](c1ccccc1)C[C@@H]2F)[C@@H]1C[C@H]1F. The van der Waals surface area contributed by atoms with Crippen LogP contribution < -0.4 is 0 Å². The molecule has 0 saturated heterocycles. The second-order valence-electron chi connectivity index (χ2n) is 5.59. The van der Waals surface area contributed by atoms with Gasteiger partial charge in [0.05, 0.1) is 12.0 Å². The van der Waals surface area contributed by atoms with Crippen LogP contribution in [0.25, 0.3) is 0 Å². The molecule has 4 rings (SSSR count). The molecule has 1 aliphatic carbocycles. The molecule has 21 heavy (non-hydrogen) atoms. The summed E-state index contributed by atoms with van der Waals surface area (Å²) in [7, 11) is 0. The first kappa shape index (κ1) is 12.6. The van der Waals surface area contributed by atoms with Gasteiger partial charge in [-0.2, -0.15) is 0 Å². The van der Waals surface area contributed by atoms with Gasteiger partial charge in [-0.25, -0.2) is 18.4 Å². The number of carbonyl (C=O) groups excluding carboxylic acids is 1. The van der Waals surface area contributed by atoms with Crippen molar-refractivity contribution in [3.8, 4) is 0 Å². The summed E-state index contributed by atoms with van der Waals surface area (Å²) >= 11 is 0. The van der Waals surface area contributed by atoms with Gasteiger partial charge < -0.3 is 0 Å². The molecule has 1 aromatic heterocycles. The average Bonchev–Trinajstić information content (AvgIpc) is 2.95. The molecule has 2 aliphatic rings. The topological polar surface area (TPSA) is 47.8 Å². The second kappa shape index (κ2) is 4.44. The van der Waals surface area contributed by atoms with E-state index in [4.69, 9.17) is 0 Å². The minimum Gasteiger partial charge on any atom is -0.290 e. The highest BCUT2D eigenvalue weighted by molar-refractivity contribution is 5.96. The van der Waals surface area contributed by atoms with Gasteiger partial charge in [0.2, 0.25) is 11.6 Å². The third kappa shape index (κ3) is 1.97. The van der Waals surface area contributed by atoms with Gasteiger partial charge in [0, 0.05) is 6.42 Å². The average molecular weight is 289 g/mol. The van der Waals surface area contributed by atoms with Crippen LogP contribution in [0.5, 0.6) is 0 Å². The molecule has 2 heterocycles. The maximum absolute atomic E-state index is 14.1. The van der Waals surface area contributed by atoms with Crippen LogP contribution >= 0.6 is 0 Å². The van der Waals surface area contributed by atoms with Crippen LogP contribution in [0, 0.1) is 5.92 Å². The van der Waals surface area contributed by atoms with E-state index in [1.165, 1.54) is 4.68 Å². The van der Waals surface area contributed by atoms with Gasteiger partial charge in [-0.1, -0.05) is 30.3 Å². The van der Waals surface area contributed by atoms with E-state index in [1.807, 2.05) is 30.3 Å². The Morgan fingerprint density at radius 3 is 2.57 bits per heavy atom. The van der Waals surface area contributed by atoms with E-state index in [9.17, 15) is 13.6 Å². The monoisotopic (exact) mass is 289 g/mol. The van der Waals surface area contributed by atoms with Crippen LogP contribution in [0.2, 0.25) is 0 Å². The van der Waals surface area contributed by atoms with Crippen molar-refractivity contribution in [2.75, 3.05) is 0 Å². The molecule has 1 saturated carbocycles. The molecule has 108 valence electrons. The van der Waals surface area contributed by atoms with Gasteiger partial charge in [-0.05, 0) is 12.0 Å². The van der Waals surface area contributed by atoms with Gasteiger partial charge in [-0.3, -0.25) is 4.79 Å². The molecule has 0 bridgehead atoms. The number of aromatic nitrogens is 3. The van der Waals surface area contributed by atoms with Gasteiger partial charge in [0.25, 0.3) is 0 Å². The lowest BCUT2D eigenvalue weighted by atomic mass is 10.0. The highest BCUT2D eigenvalue weighted by Gasteiger charge is 2.46. The van der Waals surface area contributed by atoms with E-state index in [0.717, 1.165) is 5.56 Å². The summed E-state index contributed by atoms with van der Waals surface area (Å²) in [5.74, 6) is -0.938. The van der Waals surface area contributed by atoms with Crippen molar-refractivity contribution >= 4 is 5.78 Å². The van der Waals surface area contributed by atoms with E-state index < -0.39 is 24.0 Å². The Kier molecular flexibility index (Phi) is 2.67. The summed E-state index contributed by atoms with van der Waals surface area (Å²) < 4.78 is 28.6. The number of ketones is 1. The molecule has 1 fully saturated rings. The summed E-state index contributed by atoms with van der Waals surface area (Å²) in [6.45, 7) is 0. The van der Waals surface area contributed by atoms with Crippen LogP contribution in [0.4, 0.5) is 8.78 Å². The lowest BCUT2D eigenvalue weighted by Gasteiger charge is -2.11. The fraction of sp³-hybridized carbons (Fsp3) is 0.400. The Hall–Kier alpha value is -2.11. The maximum atomic E-state index is 14.1. The normalized spacial score (nSPS) is 30.2. The molecule has 0 radical (unpaired) electrons. The molecule has 4 nitrogen and oxygen atoms in total. The number of fused-ring (bicyclic) bond motifs is 1. The molecular weight excluding hydrogens is 276 g/mol. The lowest BCUT2D eigenvalue weighted by molar-refractivity contribution is 0.0946. The van der Waals surface area contributed by atoms with E-state index in [2.05, 4.69) is 10.1 Å². The summed E-state index contributed by atoms with van der Waals surface area (Å²) in [5, 5.41) is 4.14. The summed E-state index contributed by atoms with van der Waals surface area (Å²) in [6, 6.07) is 9.17. The molecule has 4 atom stereocenters. The fourth-order valence-corrected chi connectivity index (χ4v) is 2.84. The van der Waals surface area contributed by atoms with Crippen molar-refractivity contribution in [1.29, 1.82) is 0 Å². The van der Waals surface area contributed by atoms with E-state index >= 15 is 0 Å². The zero-order chi connectivity index (χ0) is 14.6. The van der Waals surface area contributed by atoms with Crippen molar-refractivity contribution in [3.63, 3.8) is 0 Å². The van der Waals surface area contributed by atoms with Gasteiger partial charge >= 0.3 is 0 Å². The number of nitrogens with zero attached hydrogens (tertiary/aromatic N) is 3. The van der Waals surface area contributed by atoms with Gasteiger partial charge in [-0.15, -0.1) is 5.10 Å². The minimum atomic E-state index is -1.25. The molecular formula is C15H13F2N3O. The predicted molar refractivity (Wildman–Crippen MR) is 70.4 cm³/mol. The van der Waals surface area contributed by atoms with Crippen LogP contribution in [0.1, 0.15) is 47.1 Å². The largest absolute Gasteiger partial charge is 0.290 e. The van der Waals surface area contributed by atoms with Crippen molar-refractivity contribution in [3.05, 3.63) is 47.5 Å². The zero-order valence-corrected chi connectivity index (χ0v) is 11.1. The number of alkyl halides is 2. The molecule has 0 spiro atoms. The van der Waals surface area contributed by atoms with Gasteiger partial charge in [0.15, 0.2) is 12.0 Å². The van der Waals surface area contributed by atoms with E-state index in [1.54, 1.807) is 0 Å². The van der Waals surface area contributed by atoms with Crippen LogP contribution in [0.15, 0.2) is 30.3 Å². The first-order valence-electron chi connectivity index (χ1n) is 6.99. The number of benzene rings is 1. The highest BCUT2D eigenvalue weighted by atomic mass is 19.1. The molecule has 2 aromatic rings.